The highest BCUT2D eigenvalue weighted by molar-refractivity contribution is 7.99. The number of nitrogens with zero attached hydrogens (tertiary/aromatic N) is 2. The Kier molecular flexibility index (Phi) is 5.11. The van der Waals surface area contributed by atoms with Gasteiger partial charge in [0.05, 0.1) is 16.1 Å². The minimum absolute atomic E-state index is 0.00406. The summed E-state index contributed by atoms with van der Waals surface area (Å²) in [5.41, 5.74) is 1.56. The molecule has 1 aromatic carbocycles. The van der Waals surface area contributed by atoms with Crippen LogP contribution in [-0.4, -0.2) is 46.6 Å². The lowest BCUT2D eigenvalue weighted by Crippen LogP contribution is -2.26. The first-order valence-corrected chi connectivity index (χ1v) is 10.3. The Hall–Kier alpha value is -2.08. The molecule has 1 aromatic heterocycles. The van der Waals surface area contributed by atoms with Crippen LogP contribution in [0.15, 0.2) is 35.4 Å². The van der Waals surface area contributed by atoms with E-state index in [1.165, 1.54) is 0 Å². The molecule has 1 aliphatic heterocycles. The van der Waals surface area contributed by atoms with Crippen LogP contribution in [0.1, 0.15) is 42.5 Å². The second-order valence-electron chi connectivity index (χ2n) is 6.96. The summed E-state index contributed by atoms with van der Waals surface area (Å²) in [5, 5.41) is 4.85. The van der Waals surface area contributed by atoms with Crippen molar-refractivity contribution in [2.75, 3.05) is 18.8 Å². The molecule has 0 unspecified atom stereocenters. The lowest BCUT2D eigenvalue weighted by molar-refractivity contribution is -0.127. The van der Waals surface area contributed by atoms with E-state index in [9.17, 15) is 9.59 Å². The summed E-state index contributed by atoms with van der Waals surface area (Å²) >= 11 is 1.66. The van der Waals surface area contributed by atoms with Crippen LogP contribution in [0.3, 0.4) is 0 Å². The van der Waals surface area contributed by atoms with E-state index < -0.39 is 0 Å². The molecule has 0 bridgehead atoms. The van der Waals surface area contributed by atoms with E-state index in [2.05, 4.69) is 5.32 Å². The van der Waals surface area contributed by atoms with Crippen molar-refractivity contribution < 1.29 is 9.59 Å². The standard InChI is InChI=1S/C20H23N3O2S/c24-19-7-3-10-23(19)11-4-12-26-18-13-16(20(25)21-14-8-9-14)15-5-1-2-6-17(15)22-18/h1-2,5-6,13-14H,3-4,7-12H2,(H,21,25). The number of benzene rings is 1. The first kappa shape index (κ1) is 17.3. The van der Waals surface area contributed by atoms with Gasteiger partial charge in [0.25, 0.3) is 5.91 Å². The lowest BCUT2D eigenvalue weighted by atomic mass is 10.1. The number of likely N-dealkylation sites (tertiary alicyclic amines) is 1. The average molecular weight is 369 g/mol. The summed E-state index contributed by atoms with van der Waals surface area (Å²) in [6, 6.07) is 10.0. The molecule has 0 atom stereocenters. The molecule has 1 saturated carbocycles. The number of amides is 2. The Bertz CT molecular complexity index is 835. The predicted molar refractivity (Wildman–Crippen MR) is 103 cm³/mol. The molecule has 2 aliphatic rings. The zero-order chi connectivity index (χ0) is 17.9. The van der Waals surface area contributed by atoms with Gasteiger partial charge in [0.15, 0.2) is 0 Å². The van der Waals surface area contributed by atoms with Crippen LogP contribution in [0.4, 0.5) is 0 Å². The van der Waals surface area contributed by atoms with Gasteiger partial charge >= 0.3 is 0 Å². The summed E-state index contributed by atoms with van der Waals surface area (Å²) in [4.78, 5) is 30.9. The SMILES string of the molecule is O=C(NC1CC1)c1cc(SCCCN2CCCC2=O)nc2ccccc12. The van der Waals surface area contributed by atoms with E-state index in [0.717, 1.165) is 60.5 Å². The number of para-hydroxylation sites is 1. The quantitative estimate of drug-likeness (QED) is 0.601. The van der Waals surface area contributed by atoms with Crippen molar-refractivity contribution in [1.82, 2.24) is 15.2 Å². The van der Waals surface area contributed by atoms with Crippen LogP contribution in [0.5, 0.6) is 0 Å². The zero-order valence-corrected chi connectivity index (χ0v) is 15.6. The largest absolute Gasteiger partial charge is 0.349 e. The number of nitrogens with one attached hydrogen (secondary N) is 1. The molecular weight excluding hydrogens is 346 g/mol. The summed E-state index contributed by atoms with van der Waals surface area (Å²) in [6.45, 7) is 1.71. The number of pyridine rings is 1. The van der Waals surface area contributed by atoms with E-state index in [-0.39, 0.29) is 11.8 Å². The van der Waals surface area contributed by atoms with E-state index in [1.807, 2.05) is 35.2 Å². The Morgan fingerprint density at radius 3 is 2.92 bits per heavy atom. The molecule has 6 heteroatoms. The summed E-state index contributed by atoms with van der Waals surface area (Å²) in [6.07, 6.45) is 4.77. The van der Waals surface area contributed by atoms with E-state index >= 15 is 0 Å². The third-order valence-electron chi connectivity index (χ3n) is 4.84. The van der Waals surface area contributed by atoms with Crippen LogP contribution in [0.25, 0.3) is 10.9 Å². The van der Waals surface area contributed by atoms with Crippen LogP contribution in [0.2, 0.25) is 0 Å². The number of carbonyl (C=O) groups is 2. The second-order valence-corrected chi connectivity index (χ2v) is 8.07. The van der Waals surface area contributed by atoms with Gasteiger partial charge in [-0.3, -0.25) is 9.59 Å². The van der Waals surface area contributed by atoms with Crippen LogP contribution in [0, 0.1) is 0 Å². The Morgan fingerprint density at radius 2 is 2.15 bits per heavy atom. The molecule has 136 valence electrons. The van der Waals surface area contributed by atoms with Gasteiger partial charge in [-0.2, -0.15) is 0 Å². The number of hydrogen-bond acceptors (Lipinski definition) is 4. The van der Waals surface area contributed by atoms with Gasteiger partial charge in [-0.05, 0) is 37.8 Å². The lowest BCUT2D eigenvalue weighted by Gasteiger charge is -2.15. The van der Waals surface area contributed by atoms with Crippen molar-refractivity contribution in [3.8, 4) is 0 Å². The Balaban J connectivity index is 1.44. The van der Waals surface area contributed by atoms with Gasteiger partial charge in [-0.25, -0.2) is 4.98 Å². The predicted octanol–water partition coefficient (Wildman–Crippen LogP) is 3.23. The molecule has 1 aliphatic carbocycles. The number of thioether (sulfide) groups is 1. The monoisotopic (exact) mass is 369 g/mol. The van der Waals surface area contributed by atoms with Crippen LogP contribution >= 0.6 is 11.8 Å². The summed E-state index contributed by atoms with van der Waals surface area (Å²) < 4.78 is 0. The smallest absolute Gasteiger partial charge is 0.252 e. The van der Waals surface area contributed by atoms with Crippen molar-refractivity contribution in [3.63, 3.8) is 0 Å². The van der Waals surface area contributed by atoms with Gasteiger partial charge in [0.1, 0.15) is 0 Å². The van der Waals surface area contributed by atoms with Crippen molar-refractivity contribution in [3.05, 3.63) is 35.9 Å². The fourth-order valence-corrected chi connectivity index (χ4v) is 4.12. The molecule has 5 nitrogen and oxygen atoms in total. The van der Waals surface area contributed by atoms with Gasteiger partial charge < -0.3 is 10.2 Å². The molecule has 2 amide bonds. The molecule has 2 aromatic rings. The van der Waals surface area contributed by atoms with E-state index in [1.54, 1.807) is 11.8 Å². The fraction of sp³-hybridized carbons (Fsp3) is 0.450. The number of hydrogen-bond donors (Lipinski definition) is 1. The molecule has 1 N–H and O–H groups in total. The Morgan fingerprint density at radius 1 is 1.31 bits per heavy atom. The topological polar surface area (TPSA) is 62.3 Å². The van der Waals surface area contributed by atoms with E-state index in [0.29, 0.717) is 18.0 Å². The number of carbonyl (C=O) groups excluding carboxylic acids is 2. The summed E-state index contributed by atoms with van der Waals surface area (Å²) in [7, 11) is 0. The van der Waals surface area contributed by atoms with Crippen LogP contribution in [-0.2, 0) is 4.79 Å². The Labute approximate surface area is 157 Å². The molecule has 1 saturated heterocycles. The molecule has 0 radical (unpaired) electrons. The van der Waals surface area contributed by atoms with Gasteiger partial charge in [-0.1, -0.05) is 18.2 Å². The minimum atomic E-state index is -0.00406. The third-order valence-corrected chi connectivity index (χ3v) is 5.84. The van der Waals surface area contributed by atoms with Gasteiger partial charge in [0.2, 0.25) is 5.91 Å². The number of rotatable bonds is 7. The molecule has 2 heterocycles. The maximum atomic E-state index is 12.6. The van der Waals surface area contributed by atoms with Crippen LogP contribution < -0.4 is 5.32 Å². The first-order chi connectivity index (χ1) is 12.7. The molecule has 0 spiro atoms. The molecule has 26 heavy (non-hydrogen) atoms. The second kappa shape index (κ2) is 7.66. The van der Waals surface area contributed by atoms with Crippen molar-refractivity contribution in [2.45, 2.75) is 43.2 Å². The van der Waals surface area contributed by atoms with E-state index in [4.69, 9.17) is 4.98 Å². The maximum Gasteiger partial charge on any atom is 0.252 e. The molecule has 2 fully saturated rings. The number of aromatic nitrogens is 1. The highest BCUT2D eigenvalue weighted by Crippen LogP contribution is 2.26. The third kappa shape index (κ3) is 4.01. The minimum Gasteiger partial charge on any atom is -0.349 e. The average Bonchev–Trinajstić information content (AvgIpc) is 3.37. The van der Waals surface area contributed by atoms with Gasteiger partial charge in [0, 0.05) is 36.7 Å². The maximum absolute atomic E-state index is 12.6. The van der Waals surface area contributed by atoms with Crippen molar-refractivity contribution in [1.29, 1.82) is 0 Å². The fourth-order valence-electron chi connectivity index (χ4n) is 3.28. The molecule has 4 rings (SSSR count). The normalized spacial score (nSPS) is 17.1. The highest BCUT2D eigenvalue weighted by atomic mass is 32.2. The first-order valence-electron chi connectivity index (χ1n) is 9.32. The molecular formula is C20H23N3O2S. The summed E-state index contributed by atoms with van der Waals surface area (Å²) in [5.74, 6) is 1.16. The van der Waals surface area contributed by atoms with Crippen molar-refractivity contribution >= 4 is 34.5 Å². The van der Waals surface area contributed by atoms with Crippen molar-refractivity contribution in [2.24, 2.45) is 0 Å². The number of fused-ring (bicyclic) bond motifs is 1. The zero-order valence-electron chi connectivity index (χ0n) is 14.7. The highest BCUT2D eigenvalue weighted by Gasteiger charge is 2.25. The van der Waals surface area contributed by atoms with Gasteiger partial charge in [-0.15, -0.1) is 11.8 Å².